The third-order valence-electron chi connectivity index (χ3n) is 9.90. The average Bonchev–Trinajstić information content (AvgIpc) is 3.42. The van der Waals surface area contributed by atoms with E-state index in [1.54, 1.807) is 0 Å². The fourth-order valence-corrected chi connectivity index (χ4v) is 8.00. The number of anilines is 1. The summed E-state index contributed by atoms with van der Waals surface area (Å²) in [6.07, 6.45) is 9.61. The molecule has 0 radical (unpaired) electrons. The molecular weight excluding hydrogens is 603 g/mol. The van der Waals surface area contributed by atoms with Gasteiger partial charge >= 0.3 is 0 Å². The minimum Gasteiger partial charge on any atom is -0.352 e. The van der Waals surface area contributed by atoms with Crippen LogP contribution in [0.1, 0.15) is 88.6 Å². The Morgan fingerprint density at radius 3 is 2.62 bits per heavy atom. The fraction of sp³-hybridized carbons (Fsp3) is 0.375. The van der Waals surface area contributed by atoms with E-state index >= 15 is 0 Å². The van der Waals surface area contributed by atoms with Crippen molar-refractivity contribution in [2.75, 3.05) is 31.5 Å². The van der Waals surface area contributed by atoms with Crippen molar-refractivity contribution in [3.63, 3.8) is 0 Å². The molecule has 0 unspecified atom stereocenters. The van der Waals surface area contributed by atoms with Crippen molar-refractivity contribution in [1.29, 1.82) is 0 Å². The Labute approximate surface area is 282 Å². The van der Waals surface area contributed by atoms with Gasteiger partial charge in [0.1, 0.15) is 5.78 Å². The number of allylic oxidation sites excluding steroid dienone is 2. The lowest BCUT2D eigenvalue weighted by Gasteiger charge is -2.31. The van der Waals surface area contributed by atoms with Crippen LogP contribution in [0, 0.1) is 6.92 Å². The van der Waals surface area contributed by atoms with Gasteiger partial charge in [0.2, 0.25) is 0 Å². The second-order valence-corrected chi connectivity index (χ2v) is 14.5. The third-order valence-corrected chi connectivity index (χ3v) is 11.0. The quantitative estimate of drug-likeness (QED) is 0.134. The van der Waals surface area contributed by atoms with E-state index in [-0.39, 0.29) is 17.2 Å². The molecule has 0 bridgehead atoms. The van der Waals surface area contributed by atoms with Crippen LogP contribution in [-0.4, -0.2) is 48.7 Å². The molecule has 2 aliphatic rings. The number of carbonyl (C=O) groups is 3. The van der Waals surface area contributed by atoms with Crippen molar-refractivity contribution >= 4 is 44.7 Å². The predicted octanol–water partition coefficient (Wildman–Crippen LogP) is 8.25. The molecule has 1 atom stereocenters. The minimum absolute atomic E-state index is 0.156. The Morgan fingerprint density at radius 1 is 0.957 bits per heavy atom. The SMILES string of the molecule is Cc1ccccc1CC1=CCC[C@](C)(c2ccc(C(=O)NCCCN3CCCC(=O)C3)cc2NC(=O)c2cc3ccccc3s2)CC1. The first-order valence-corrected chi connectivity index (χ1v) is 17.8. The van der Waals surface area contributed by atoms with E-state index < -0.39 is 0 Å². The van der Waals surface area contributed by atoms with Crippen molar-refractivity contribution < 1.29 is 14.4 Å². The lowest BCUT2D eigenvalue weighted by molar-refractivity contribution is -0.122. The van der Waals surface area contributed by atoms with E-state index in [0.29, 0.717) is 41.4 Å². The molecule has 2 amide bonds. The highest BCUT2D eigenvalue weighted by Crippen LogP contribution is 2.42. The van der Waals surface area contributed by atoms with Crippen LogP contribution in [0.2, 0.25) is 0 Å². The van der Waals surface area contributed by atoms with Crippen LogP contribution in [0.4, 0.5) is 5.69 Å². The Kier molecular flexibility index (Phi) is 10.3. The van der Waals surface area contributed by atoms with Gasteiger partial charge in [0, 0.05) is 35.5 Å². The summed E-state index contributed by atoms with van der Waals surface area (Å²) in [6.45, 7) is 7.25. The maximum absolute atomic E-state index is 13.7. The summed E-state index contributed by atoms with van der Waals surface area (Å²) in [4.78, 5) is 41.7. The number of fused-ring (bicyclic) bond motifs is 1. The number of ketones is 1. The van der Waals surface area contributed by atoms with E-state index in [1.807, 2.05) is 42.5 Å². The van der Waals surface area contributed by atoms with Crippen LogP contribution in [0.3, 0.4) is 0 Å². The van der Waals surface area contributed by atoms with Crippen LogP contribution in [-0.2, 0) is 16.6 Å². The Bertz CT molecular complexity index is 1770. The summed E-state index contributed by atoms with van der Waals surface area (Å²) < 4.78 is 1.07. The zero-order chi connectivity index (χ0) is 32.8. The summed E-state index contributed by atoms with van der Waals surface area (Å²) in [5.41, 5.74) is 6.29. The molecule has 1 aromatic heterocycles. The average molecular weight is 648 g/mol. The van der Waals surface area contributed by atoms with Gasteiger partial charge in [-0.05, 0) is 110 Å². The molecule has 2 N–H and O–H groups in total. The van der Waals surface area contributed by atoms with Crippen molar-refractivity contribution in [2.45, 2.75) is 70.6 Å². The Morgan fingerprint density at radius 2 is 1.79 bits per heavy atom. The summed E-state index contributed by atoms with van der Waals surface area (Å²) in [5, 5.41) is 7.35. The number of carbonyl (C=O) groups excluding carboxylic acids is 3. The number of hydrogen-bond acceptors (Lipinski definition) is 5. The number of nitrogens with one attached hydrogen (secondary N) is 2. The molecular formula is C40H45N3O3S. The first-order chi connectivity index (χ1) is 22.8. The number of piperidine rings is 1. The predicted molar refractivity (Wildman–Crippen MR) is 193 cm³/mol. The van der Waals surface area contributed by atoms with Crippen molar-refractivity contribution in [1.82, 2.24) is 10.2 Å². The van der Waals surface area contributed by atoms with E-state index in [0.717, 1.165) is 73.7 Å². The highest BCUT2D eigenvalue weighted by Gasteiger charge is 2.31. The first-order valence-electron chi connectivity index (χ1n) is 17.0. The molecule has 3 aromatic carbocycles. The van der Waals surface area contributed by atoms with Crippen molar-refractivity contribution in [3.05, 3.63) is 112 Å². The molecule has 6 rings (SSSR count). The molecule has 244 valence electrons. The molecule has 7 heteroatoms. The van der Waals surface area contributed by atoms with Crippen LogP contribution >= 0.6 is 11.3 Å². The topological polar surface area (TPSA) is 78.5 Å². The third kappa shape index (κ3) is 8.09. The van der Waals surface area contributed by atoms with Gasteiger partial charge in [-0.25, -0.2) is 0 Å². The Balaban J connectivity index is 1.19. The highest BCUT2D eigenvalue weighted by molar-refractivity contribution is 7.20. The molecule has 0 spiro atoms. The van der Waals surface area contributed by atoms with Gasteiger partial charge in [-0.2, -0.15) is 0 Å². The Hall–Kier alpha value is -4.07. The van der Waals surface area contributed by atoms with E-state index in [4.69, 9.17) is 0 Å². The molecule has 0 saturated carbocycles. The number of benzene rings is 3. The molecule has 1 aliphatic heterocycles. The minimum atomic E-state index is -0.173. The number of Topliss-reactive ketones (excluding diaryl/α,β-unsaturated/α-hetero) is 1. The molecule has 1 aliphatic carbocycles. The number of thiophene rings is 1. The first kappa shape index (κ1) is 32.9. The lowest BCUT2D eigenvalue weighted by atomic mass is 9.74. The van der Waals surface area contributed by atoms with Gasteiger partial charge < -0.3 is 10.6 Å². The summed E-state index contributed by atoms with van der Waals surface area (Å²) in [6, 6.07) is 24.4. The van der Waals surface area contributed by atoms with Gasteiger partial charge in [0.25, 0.3) is 11.8 Å². The monoisotopic (exact) mass is 647 g/mol. The fourth-order valence-electron chi connectivity index (χ4n) is 7.04. The normalized spacial score (nSPS) is 18.9. The van der Waals surface area contributed by atoms with E-state index in [9.17, 15) is 14.4 Å². The zero-order valence-electron chi connectivity index (χ0n) is 27.6. The zero-order valence-corrected chi connectivity index (χ0v) is 28.4. The molecule has 4 aromatic rings. The number of nitrogens with zero attached hydrogens (tertiary/aromatic N) is 1. The van der Waals surface area contributed by atoms with Crippen LogP contribution in [0.5, 0.6) is 0 Å². The lowest BCUT2D eigenvalue weighted by Crippen LogP contribution is -2.37. The van der Waals surface area contributed by atoms with Gasteiger partial charge in [-0.15, -0.1) is 11.3 Å². The van der Waals surface area contributed by atoms with E-state index in [1.165, 1.54) is 28.0 Å². The maximum Gasteiger partial charge on any atom is 0.265 e. The second kappa shape index (κ2) is 14.8. The van der Waals surface area contributed by atoms with E-state index in [2.05, 4.69) is 65.8 Å². The number of hydrogen-bond donors (Lipinski definition) is 2. The van der Waals surface area contributed by atoms with Gasteiger partial charge in [-0.3, -0.25) is 19.3 Å². The molecule has 1 saturated heterocycles. The van der Waals surface area contributed by atoms with Crippen LogP contribution in [0.25, 0.3) is 10.1 Å². The summed E-state index contributed by atoms with van der Waals surface area (Å²) in [7, 11) is 0. The van der Waals surface area contributed by atoms with Gasteiger partial charge in [-0.1, -0.05) is 67.1 Å². The van der Waals surface area contributed by atoms with Gasteiger partial charge in [0.05, 0.1) is 11.4 Å². The van der Waals surface area contributed by atoms with Crippen LogP contribution < -0.4 is 10.6 Å². The number of aryl methyl sites for hydroxylation is 1. The number of rotatable bonds is 10. The molecule has 6 nitrogen and oxygen atoms in total. The smallest absolute Gasteiger partial charge is 0.265 e. The molecule has 2 heterocycles. The summed E-state index contributed by atoms with van der Waals surface area (Å²) >= 11 is 1.48. The second-order valence-electron chi connectivity index (χ2n) is 13.5. The maximum atomic E-state index is 13.7. The number of likely N-dealkylation sites (tertiary alicyclic amines) is 1. The highest BCUT2D eigenvalue weighted by atomic mass is 32.1. The number of amides is 2. The van der Waals surface area contributed by atoms with Gasteiger partial charge in [0.15, 0.2) is 0 Å². The van der Waals surface area contributed by atoms with Crippen molar-refractivity contribution in [3.8, 4) is 0 Å². The summed E-state index contributed by atoms with van der Waals surface area (Å²) in [5.74, 6) is -0.0141. The largest absolute Gasteiger partial charge is 0.352 e. The van der Waals surface area contributed by atoms with Crippen molar-refractivity contribution in [2.24, 2.45) is 0 Å². The standard InChI is InChI=1S/C40H45N3O3S/c1-28-10-3-4-12-30(28)24-29-11-7-19-40(2,20-18-29)34-17-16-32(38(45)41-21-9-23-43-22-8-14-33(44)27-43)25-35(34)42-39(46)37-26-31-13-5-6-15-36(31)47-37/h3-6,10-13,15-17,25-26H,7-9,14,18-24,27H2,1-2H3,(H,41,45)(H,42,46)/t40-/m0/s1. The molecule has 47 heavy (non-hydrogen) atoms. The van der Waals surface area contributed by atoms with Crippen LogP contribution in [0.15, 0.2) is 84.4 Å². The molecule has 1 fully saturated rings.